The molecule has 1 amide bonds. The van der Waals surface area contributed by atoms with Crippen LogP contribution in [0.3, 0.4) is 0 Å². The number of nitrogens with one attached hydrogen (secondary N) is 1. The van der Waals surface area contributed by atoms with Gasteiger partial charge < -0.3 is 5.32 Å². The molecule has 1 aromatic rings. The van der Waals surface area contributed by atoms with Crippen molar-refractivity contribution in [3.63, 3.8) is 0 Å². The monoisotopic (exact) mass is 321 g/mol. The van der Waals surface area contributed by atoms with Gasteiger partial charge in [0, 0.05) is 11.7 Å². The Morgan fingerprint density at radius 2 is 2.20 bits per heavy atom. The van der Waals surface area contributed by atoms with Gasteiger partial charge in [0.2, 0.25) is 5.91 Å². The number of aromatic nitrogens is 2. The van der Waals surface area contributed by atoms with E-state index in [-0.39, 0.29) is 17.5 Å². The van der Waals surface area contributed by atoms with Crippen molar-refractivity contribution in [1.29, 1.82) is 0 Å². The van der Waals surface area contributed by atoms with Crippen LogP contribution in [-0.2, 0) is 4.79 Å². The normalized spacial score (nSPS) is 13.7. The minimum absolute atomic E-state index is 0.0120. The largest absolute Gasteiger partial charge is 0.350 e. The van der Waals surface area contributed by atoms with Crippen molar-refractivity contribution in [2.75, 3.05) is 0 Å². The predicted molar refractivity (Wildman–Crippen MR) is 67.6 cm³/mol. The number of nitrogens with zero attached hydrogens (tertiary/aromatic N) is 2. The van der Waals surface area contributed by atoms with Crippen molar-refractivity contribution in [1.82, 2.24) is 15.1 Å². The van der Waals surface area contributed by atoms with E-state index in [1.165, 1.54) is 0 Å². The van der Waals surface area contributed by atoms with Gasteiger partial charge in [-0.1, -0.05) is 0 Å². The van der Waals surface area contributed by atoms with Crippen LogP contribution < -0.4 is 5.32 Å². The second-order valence-electron chi connectivity index (χ2n) is 4.55. The Morgan fingerprint density at radius 1 is 1.60 bits per heavy atom. The zero-order valence-electron chi connectivity index (χ0n) is 9.41. The maximum Gasteiger partial charge on any atom is 0.244 e. The molecule has 0 bridgehead atoms. The van der Waals surface area contributed by atoms with E-state index in [2.05, 4.69) is 33.0 Å². The molecular weight excluding hydrogens is 305 g/mol. The van der Waals surface area contributed by atoms with Crippen molar-refractivity contribution in [2.45, 2.75) is 39.3 Å². The summed E-state index contributed by atoms with van der Waals surface area (Å²) in [4.78, 5) is 11.8. The Balaban J connectivity index is 2.69. The van der Waals surface area contributed by atoms with E-state index in [0.29, 0.717) is 0 Å². The lowest BCUT2D eigenvalue weighted by Crippen LogP contribution is -2.43. The molecule has 0 radical (unpaired) electrons. The van der Waals surface area contributed by atoms with Gasteiger partial charge in [0.05, 0.1) is 9.77 Å². The first kappa shape index (κ1) is 12.5. The highest BCUT2D eigenvalue weighted by Crippen LogP contribution is 2.10. The molecular formula is C10H16IN3O. The molecule has 84 valence electrons. The Bertz CT molecular complexity index is 354. The number of carbonyl (C=O) groups excluding carboxylic acids is 1. The Morgan fingerprint density at radius 3 is 2.60 bits per heavy atom. The average molecular weight is 321 g/mol. The summed E-state index contributed by atoms with van der Waals surface area (Å²) in [7, 11) is 0. The molecule has 0 aliphatic carbocycles. The minimum atomic E-state index is -0.271. The van der Waals surface area contributed by atoms with Gasteiger partial charge in [-0.2, -0.15) is 5.10 Å². The van der Waals surface area contributed by atoms with Gasteiger partial charge in [-0.15, -0.1) is 0 Å². The van der Waals surface area contributed by atoms with Crippen LogP contribution in [0.15, 0.2) is 12.4 Å². The van der Waals surface area contributed by atoms with Gasteiger partial charge in [0.25, 0.3) is 0 Å². The highest BCUT2D eigenvalue weighted by atomic mass is 127. The number of halogens is 1. The van der Waals surface area contributed by atoms with Gasteiger partial charge in [0.1, 0.15) is 6.04 Å². The van der Waals surface area contributed by atoms with Crippen LogP contribution >= 0.6 is 22.6 Å². The molecule has 4 nitrogen and oxygen atoms in total. The van der Waals surface area contributed by atoms with E-state index in [4.69, 9.17) is 0 Å². The SMILES string of the molecule is CC(C(=O)NC(C)(C)C)n1cc(I)cn1. The molecule has 15 heavy (non-hydrogen) atoms. The van der Waals surface area contributed by atoms with E-state index in [1.54, 1.807) is 10.9 Å². The Kier molecular flexibility index (Phi) is 3.75. The van der Waals surface area contributed by atoms with Crippen LogP contribution in [0.5, 0.6) is 0 Å². The van der Waals surface area contributed by atoms with Crippen LogP contribution in [-0.4, -0.2) is 21.2 Å². The topological polar surface area (TPSA) is 46.9 Å². The highest BCUT2D eigenvalue weighted by molar-refractivity contribution is 14.1. The first-order valence-corrected chi connectivity index (χ1v) is 5.89. The van der Waals surface area contributed by atoms with Crippen molar-refractivity contribution >= 4 is 28.5 Å². The standard InChI is InChI=1S/C10H16IN3O/c1-7(9(15)13-10(2,3)4)14-6-8(11)5-12-14/h5-7H,1-4H3,(H,13,15). The molecule has 0 spiro atoms. The van der Waals surface area contributed by atoms with E-state index >= 15 is 0 Å². The smallest absolute Gasteiger partial charge is 0.244 e. The van der Waals surface area contributed by atoms with Crippen molar-refractivity contribution in [3.8, 4) is 0 Å². The summed E-state index contributed by atoms with van der Waals surface area (Å²) in [6, 6.07) is -0.271. The molecule has 5 heteroatoms. The van der Waals surface area contributed by atoms with Gasteiger partial charge >= 0.3 is 0 Å². The Labute approximate surface area is 104 Å². The fourth-order valence-corrected chi connectivity index (χ4v) is 1.53. The van der Waals surface area contributed by atoms with Crippen molar-refractivity contribution in [2.24, 2.45) is 0 Å². The van der Waals surface area contributed by atoms with Gasteiger partial charge in [-0.05, 0) is 50.3 Å². The van der Waals surface area contributed by atoms with E-state index in [1.807, 2.05) is 33.9 Å². The van der Waals surface area contributed by atoms with Crippen LogP contribution in [0.2, 0.25) is 0 Å². The second-order valence-corrected chi connectivity index (χ2v) is 5.80. The summed E-state index contributed by atoms with van der Waals surface area (Å²) < 4.78 is 2.70. The molecule has 0 saturated carbocycles. The molecule has 0 fully saturated rings. The third-order valence-corrected chi connectivity index (χ3v) is 2.40. The lowest BCUT2D eigenvalue weighted by Gasteiger charge is -2.23. The van der Waals surface area contributed by atoms with Crippen molar-refractivity contribution in [3.05, 3.63) is 16.0 Å². The van der Waals surface area contributed by atoms with Crippen LogP contribution in [0.4, 0.5) is 0 Å². The molecule has 0 aromatic carbocycles. The molecule has 0 aliphatic heterocycles. The van der Waals surface area contributed by atoms with Gasteiger partial charge in [-0.25, -0.2) is 0 Å². The summed E-state index contributed by atoms with van der Waals surface area (Å²) in [5.41, 5.74) is -0.203. The first-order chi connectivity index (χ1) is 6.79. The predicted octanol–water partition coefficient (Wildman–Crippen LogP) is 1.96. The van der Waals surface area contributed by atoms with Crippen LogP contribution in [0, 0.1) is 3.57 Å². The highest BCUT2D eigenvalue weighted by Gasteiger charge is 2.20. The van der Waals surface area contributed by atoms with Crippen LogP contribution in [0.25, 0.3) is 0 Å². The summed E-state index contributed by atoms with van der Waals surface area (Å²) in [6.45, 7) is 7.73. The fourth-order valence-electron chi connectivity index (χ4n) is 1.12. The maximum absolute atomic E-state index is 11.8. The zero-order chi connectivity index (χ0) is 11.6. The summed E-state index contributed by atoms with van der Waals surface area (Å²) >= 11 is 2.17. The quantitative estimate of drug-likeness (QED) is 0.847. The van der Waals surface area contributed by atoms with E-state index in [0.717, 1.165) is 3.57 Å². The second kappa shape index (κ2) is 4.51. The van der Waals surface area contributed by atoms with E-state index < -0.39 is 0 Å². The lowest BCUT2D eigenvalue weighted by molar-refractivity contribution is -0.125. The molecule has 0 saturated heterocycles. The summed E-state index contributed by atoms with van der Waals surface area (Å²) in [6.07, 6.45) is 3.59. The number of hydrogen-bond donors (Lipinski definition) is 1. The number of amides is 1. The molecule has 1 aromatic heterocycles. The van der Waals surface area contributed by atoms with Crippen molar-refractivity contribution < 1.29 is 4.79 Å². The molecule has 1 N–H and O–H groups in total. The Hall–Kier alpha value is -0.590. The zero-order valence-corrected chi connectivity index (χ0v) is 11.6. The molecule has 1 atom stereocenters. The molecule has 1 heterocycles. The van der Waals surface area contributed by atoms with Gasteiger partial charge in [-0.3, -0.25) is 9.48 Å². The molecule has 1 unspecified atom stereocenters. The number of carbonyl (C=O) groups is 1. The maximum atomic E-state index is 11.8. The van der Waals surface area contributed by atoms with Gasteiger partial charge in [0.15, 0.2) is 0 Å². The van der Waals surface area contributed by atoms with Crippen LogP contribution in [0.1, 0.15) is 33.7 Å². The molecule has 0 aliphatic rings. The molecule has 1 rings (SSSR count). The lowest BCUT2D eigenvalue weighted by atomic mass is 10.1. The number of rotatable bonds is 2. The third-order valence-electron chi connectivity index (χ3n) is 1.84. The third kappa shape index (κ3) is 3.81. The number of hydrogen-bond acceptors (Lipinski definition) is 2. The van der Waals surface area contributed by atoms with E-state index in [9.17, 15) is 4.79 Å². The first-order valence-electron chi connectivity index (χ1n) is 4.81. The average Bonchev–Trinajstić information content (AvgIpc) is 2.47. The minimum Gasteiger partial charge on any atom is -0.350 e. The fraction of sp³-hybridized carbons (Fsp3) is 0.600. The summed E-state index contributed by atoms with van der Waals surface area (Å²) in [5.74, 6) is -0.0120. The summed E-state index contributed by atoms with van der Waals surface area (Å²) in [5, 5.41) is 7.04.